The van der Waals surface area contributed by atoms with Gasteiger partial charge in [-0.15, -0.1) is 0 Å². The number of carbonyl (C=O) groups excluding carboxylic acids is 1. The number of ether oxygens (including phenoxy) is 1. The molecule has 0 saturated carbocycles. The van der Waals surface area contributed by atoms with E-state index in [0.717, 1.165) is 0 Å². The van der Waals surface area contributed by atoms with Crippen molar-refractivity contribution < 1.29 is 13.9 Å². The number of aromatic nitrogens is 4. The molecule has 0 amide bonds. The number of anilines is 2. The molecular weight excluding hydrogens is 397 g/mol. The second-order valence-corrected chi connectivity index (χ2v) is 6.61. The van der Waals surface area contributed by atoms with Gasteiger partial charge in [-0.05, 0) is 36.4 Å². The van der Waals surface area contributed by atoms with Crippen LogP contribution in [0.3, 0.4) is 0 Å². The number of halogens is 2. The molecule has 1 N–H and O–H groups in total. The van der Waals surface area contributed by atoms with Crippen molar-refractivity contribution >= 4 is 40.0 Å². The van der Waals surface area contributed by atoms with Crippen molar-refractivity contribution in [1.29, 1.82) is 0 Å². The molecule has 0 saturated heterocycles. The Morgan fingerprint density at radius 1 is 1.17 bits per heavy atom. The maximum absolute atomic E-state index is 13.4. The highest BCUT2D eigenvalue weighted by Gasteiger charge is 2.16. The van der Waals surface area contributed by atoms with Gasteiger partial charge >= 0.3 is 5.97 Å². The van der Waals surface area contributed by atoms with Gasteiger partial charge < -0.3 is 10.1 Å². The summed E-state index contributed by atoms with van der Waals surface area (Å²) in [6.45, 7) is 0. The summed E-state index contributed by atoms with van der Waals surface area (Å²) >= 11 is 5.87. The molecule has 0 aliphatic carbocycles. The first kappa shape index (κ1) is 18.8. The molecule has 0 aliphatic heterocycles. The third-order valence-corrected chi connectivity index (χ3v) is 4.61. The fourth-order valence-electron chi connectivity index (χ4n) is 2.89. The molecule has 0 unspecified atom stereocenters. The first-order valence-electron chi connectivity index (χ1n) is 8.57. The molecular formula is C20H15ClFN5O2. The molecule has 29 heavy (non-hydrogen) atoms. The lowest BCUT2D eigenvalue weighted by Crippen LogP contribution is -2.07. The van der Waals surface area contributed by atoms with Gasteiger partial charge in [0.15, 0.2) is 0 Å². The van der Waals surface area contributed by atoms with Crippen LogP contribution in [0.2, 0.25) is 5.02 Å². The van der Waals surface area contributed by atoms with Crippen LogP contribution in [0, 0.1) is 5.82 Å². The van der Waals surface area contributed by atoms with Crippen molar-refractivity contribution in [3.05, 3.63) is 65.2 Å². The average molecular weight is 412 g/mol. The Morgan fingerprint density at radius 3 is 2.76 bits per heavy atom. The van der Waals surface area contributed by atoms with E-state index in [1.165, 1.54) is 23.9 Å². The number of pyridine rings is 2. The number of hydrogen-bond donors (Lipinski definition) is 1. The van der Waals surface area contributed by atoms with Crippen molar-refractivity contribution in [1.82, 2.24) is 19.7 Å². The minimum Gasteiger partial charge on any atom is -0.464 e. The summed E-state index contributed by atoms with van der Waals surface area (Å²) < 4.78 is 19.6. The normalized spacial score (nSPS) is 10.9. The summed E-state index contributed by atoms with van der Waals surface area (Å²) in [5, 5.41) is 7.55. The summed E-state index contributed by atoms with van der Waals surface area (Å²) in [5.41, 5.74) is 3.94. The van der Waals surface area contributed by atoms with Gasteiger partial charge in [-0.25, -0.2) is 14.2 Å². The van der Waals surface area contributed by atoms with E-state index in [9.17, 15) is 9.18 Å². The summed E-state index contributed by atoms with van der Waals surface area (Å²) in [6, 6.07) is 11.3. The minimum absolute atomic E-state index is 0.0193. The van der Waals surface area contributed by atoms with Gasteiger partial charge in [0.25, 0.3) is 0 Å². The maximum Gasteiger partial charge on any atom is 0.356 e. The number of carbonyl (C=O) groups is 1. The monoisotopic (exact) mass is 411 g/mol. The number of hydrogen-bond acceptors (Lipinski definition) is 6. The minimum atomic E-state index is -0.492. The van der Waals surface area contributed by atoms with E-state index in [4.69, 9.17) is 16.3 Å². The molecule has 4 aromatic rings. The molecule has 0 radical (unpaired) electrons. The third kappa shape index (κ3) is 3.62. The molecule has 0 bridgehead atoms. The highest BCUT2D eigenvalue weighted by atomic mass is 35.5. The molecule has 9 heteroatoms. The molecule has 1 aromatic carbocycles. The first-order valence-corrected chi connectivity index (χ1v) is 8.94. The fraction of sp³-hybridized carbons (Fsp3) is 0.100. The Bertz CT molecular complexity index is 1240. The number of benzene rings is 1. The number of nitrogens with one attached hydrogen (secondary N) is 1. The predicted octanol–water partition coefficient (Wildman–Crippen LogP) is 4.35. The lowest BCUT2D eigenvalue weighted by molar-refractivity contribution is 0.0588. The molecule has 7 nitrogen and oxygen atoms in total. The van der Waals surface area contributed by atoms with E-state index >= 15 is 0 Å². The van der Waals surface area contributed by atoms with Gasteiger partial charge in [-0.3, -0.25) is 9.67 Å². The van der Waals surface area contributed by atoms with E-state index in [1.807, 2.05) is 6.07 Å². The summed E-state index contributed by atoms with van der Waals surface area (Å²) in [5.74, 6) is -0.974. The van der Waals surface area contributed by atoms with Gasteiger partial charge in [0.1, 0.15) is 22.7 Å². The van der Waals surface area contributed by atoms with E-state index in [-0.39, 0.29) is 5.02 Å². The largest absolute Gasteiger partial charge is 0.464 e. The Kier molecular flexibility index (Phi) is 4.85. The standard InChI is InChI=1S/C20H15ClFN5O2/c1-27-18(20(28)29-2)10-17(26-27)14-5-6-15-19(25-14)16(7-8-23-15)24-11-3-4-13(22)12(21)9-11/h3-10H,1-2H3,(H,23,24). The molecule has 146 valence electrons. The van der Waals surface area contributed by atoms with Gasteiger partial charge in [0, 0.05) is 25.0 Å². The Morgan fingerprint density at radius 2 is 2.00 bits per heavy atom. The van der Waals surface area contributed by atoms with Crippen molar-refractivity contribution in [3.63, 3.8) is 0 Å². The van der Waals surface area contributed by atoms with E-state index in [2.05, 4.69) is 20.4 Å². The number of fused-ring (bicyclic) bond motifs is 1. The number of aryl methyl sites for hydroxylation is 1. The van der Waals surface area contributed by atoms with Gasteiger partial charge in [-0.2, -0.15) is 5.10 Å². The molecule has 3 aromatic heterocycles. The number of nitrogens with zero attached hydrogens (tertiary/aromatic N) is 4. The molecule has 0 atom stereocenters. The zero-order valence-corrected chi connectivity index (χ0v) is 16.2. The zero-order chi connectivity index (χ0) is 20.5. The van der Waals surface area contributed by atoms with Crippen LogP contribution in [-0.2, 0) is 11.8 Å². The lowest BCUT2D eigenvalue weighted by Gasteiger charge is -2.10. The van der Waals surface area contributed by atoms with Crippen LogP contribution in [-0.4, -0.2) is 32.8 Å². The van der Waals surface area contributed by atoms with E-state index in [0.29, 0.717) is 39.5 Å². The van der Waals surface area contributed by atoms with Crippen LogP contribution in [0.25, 0.3) is 22.4 Å². The third-order valence-electron chi connectivity index (χ3n) is 4.32. The van der Waals surface area contributed by atoms with Crippen LogP contribution in [0.4, 0.5) is 15.8 Å². The summed E-state index contributed by atoms with van der Waals surface area (Å²) in [7, 11) is 2.97. The second kappa shape index (κ2) is 7.48. The summed E-state index contributed by atoms with van der Waals surface area (Å²) in [6.07, 6.45) is 1.65. The molecule has 4 rings (SSSR count). The Labute approximate surface area is 170 Å². The fourth-order valence-corrected chi connectivity index (χ4v) is 3.07. The van der Waals surface area contributed by atoms with E-state index < -0.39 is 11.8 Å². The molecule has 3 heterocycles. The molecule has 0 fully saturated rings. The van der Waals surface area contributed by atoms with Crippen LogP contribution < -0.4 is 5.32 Å². The second-order valence-electron chi connectivity index (χ2n) is 6.21. The van der Waals surface area contributed by atoms with E-state index in [1.54, 1.807) is 37.5 Å². The lowest BCUT2D eigenvalue weighted by atomic mass is 10.2. The first-order chi connectivity index (χ1) is 14.0. The Hall–Kier alpha value is -3.52. The van der Waals surface area contributed by atoms with Crippen molar-refractivity contribution in [3.8, 4) is 11.4 Å². The van der Waals surface area contributed by atoms with Gasteiger partial charge in [0.2, 0.25) is 0 Å². The van der Waals surface area contributed by atoms with Crippen LogP contribution >= 0.6 is 11.6 Å². The Balaban J connectivity index is 1.76. The molecule has 0 spiro atoms. The molecule has 0 aliphatic rings. The van der Waals surface area contributed by atoms with Crippen LogP contribution in [0.1, 0.15) is 10.5 Å². The SMILES string of the molecule is COC(=O)c1cc(-c2ccc3nccc(Nc4ccc(F)c(Cl)c4)c3n2)nn1C. The van der Waals surface area contributed by atoms with Gasteiger partial charge in [-0.1, -0.05) is 11.6 Å². The van der Waals surface area contributed by atoms with Crippen LogP contribution in [0.5, 0.6) is 0 Å². The number of rotatable bonds is 4. The number of methoxy groups -OCH3 is 1. The predicted molar refractivity (Wildman–Crippen MR) is 108 cm³/mol. The highest BCUT2D eigenvalue weighted by molar-refractivity contribution is 6.31. The highest BCUT2D eigenvalue weighted by Crippen LogP contribution is 2.28. The smallest absolute Gasteiger partial charge is 0.356 e. The quantitative estimate of drug-likeness (QED) is 0.503. The average Bonchev–Trinajstić information content (AvgIpc) is 3.12. The topological polar surface area (TPSA) is 81.9 Å². The van der Waals surface area contributed by atoms with Crippen molar-refractivity contribution in [2.45, 2.75) is 0 Å². The van der Waals surface area contributed by atoms with Crippen molar-refractivity contribution in [2.24, 2.45) is 7.05 Å². The van der Waals surface area contributed by atoms with Crippen molar-refractivity contribution in [2.75, 3.05) is 12.4 Å². The summed E-state index contributed by atoms with van der Waals surface area (Å²) in [4.78, 5) is 20.8. The maximum atomic E-state index is 13.4. The number of esters is 1. The van der Waals surface area contributed by atoms with Crippen LogP contribution in [0.15, 0.2) is 48.7 Å². The zero-order valence-electron chi connectivity index (χ0n) is 15.5. The van der Waals surface area contributed by atoms with Gasteiger partial charge in [0.05, 0.1) is 29.0 Å².